The van der Waals surface area contributed by atoms with E-state index in [-0.39, 0.29) is 5.82 Å². The first-order valence-electron chi connectivity index (χ1n) is 7.90. The molecule has 3 unspecified atom stereocenters. The molecule has 3 atom stereocenters. The van der Waals surface area contributed by atoms with Crippen molar-refractivity contribution in [3.63, 3.8) is 0 Å². The van der Waals surface area contributed by atoms with Gasteiger partial charge in [-0.05, 0) is 73.3 Å². The van der Waals surface area contributed by atoms with E-state index in [2.05, 4.69) is 23.2 Å². The zero-order chi connectivity index (χ0) is 15.1. The van der Waals surface area contributed by atoms with E-state index >= 15 is 0 Å². The van der Waals surface area contributed by atoms with E-state index in [4.69, 9.17) is 0 Å². The molecule has 22 heavy (non-hydrogen) atoms. The lowest BCUT2D eigenvalue weighted by Gasteiger charge is -2.39. The maximum Gasteiger partial charge on any atom is 0.123 e. The van der Waals surface area contributed by atoms with E-state index in [0.29, 0.717) is 17.8 Å². The van der Waals surface area contributed by atoms with Crippen molar-refractivity contribution in [1.29, 1.82) is 5.26 Å². The van der Waals surface area contributed by atoms with Gasteiger partial charge in [-0.3, -0.25) is 4.98 Å². The van der Waals surface area contributed by atoms with Gasteiger partial charge in [0.25, 0.3) is 0 Å². The van der Waals surface area contributed by atoms with Gasteiger partial charge in [0.2, 0.25) is 0 Å². The second kappa shape index (κ2) is 5.21. The molecule has 0 aliphatic heterocycles. The van der Waals surface area contributed by atoms with Gasteiger partial charge in [-0.2, -0.15) is 5.26 Å². The van der Waals surface area contributed by atoms with E-state index in [0.717, 1.165) is 42.2 Å². The highest BCUT2D eigenvalue weighted by atomic mass is 19.1. The minimum atomic E-state index is -0.203. The third-order valence-electron chi connectivity index (χ3n) is 5.33. The molecule has 1 aromatic heterocycles. The molecular formula is C19H17FN2. The van der Waals surface area contributed by atoms with Gasteiger partial charge in [0.15, 0.2) is 0 Å². The Morgan fingerprint density at radius 3 is 3.00 bits per heavy atom. The summed E-state index contributed by atoms with van der Waals surface area (Å²) in [4.78, 5) is 4.36. The smallest absolute Gasteiger partial charge is 0.123 e. The molecule has 1 fully saturated rings. The maximum atomic E-state index is 13.7. The Balaban J connectivity index is 1.76. The first-order valence-corrected chi connectivity index (χ1v) is 7.90. The number of halogens is 1. The molecule has 1 heterocycles. The van der Waals surface area contributed by atoms with E-state index in [1.54, 1.807) is 12.1 Å². The SMILES string of the molecule is N#CC1=CCC2CC1CCC2c1ccnc2ccc(F)cc12. The van der Waals surface area contributed by atoms with Gasteiger partial charge in [-0.1, -0.05) is 6.08 Å². The van der Waals surface area contributed by atoms with Crippen LogP contribution >= 0.6 is 0 Å². The average Bonchev–Trinajstić information content (AvgIpc) is 2.55. The van der Waals surface area contributed by atoms with Crippen molar-refractivity contribution >= 4 is 10.9 Å². The number of benzene rings is 1. The minimum absolute atomic E-state index is 0.203. The number of aromatic nitrogens is 1. The largest absolute Gasteiger partial charge is 0.256 e. The van der Waals surface area contributed by atoms with Crippen LogP contribution in [0.25, 0.3) is 10.9 Å². The van der Waals surface area contributed by atoms with Crippen LogP contribution in [0.4, 0.5) is 4.39 Å². The molecular weight excluding hydrogens is 275 g/mol. The molecule has 2 aliphatic carbocycles. The molecule has 110 valence electrons. The topological polar surface area (TPSA) is 36.7 Å². The molecule has 2 nitrogen and oxygen atoms in total. The summed E-state index contributed by atoms with van der Waals surface area (Å²) in [7, 11) is 0. The Bertz CT molecular complexity index is 803. The molecule has 1 saturated carbocycles. The molecule has 1 aromatic carbocycles. The van der Waals surface area contributed by atoms with Crippen LogP contribution in [0.3, 0.4) is 0 Å². The van der Waals surface area contributed by atoms with E-state index < -0.39 is 0 Å². The lowest BCUT2D eigenvalue weighted by atomic mass is 9.65. The van der Waals surface area contributed by atoms with Crippen LogP contribution in [-0.4, -0.2) is 4.98 Å². The Hall–Kier alpha value is -2.21. The van der Waals surface area contributed by atoms with Gasteiger partial charge >= 0.3 is 0 Å². The summed E-state index contributed by atoms with van der Waals surface area (Å²) in [6.45, 7) is 0. The Labute approximate surface area is 129 Å². The number of nitriles is 1. The predicted octanol–water partition coefficient (Wildman–Crippen LogP) is 4.73. The normalized spacial score (nSPS) is 27.3. The van der Waals surface area contributed by atoms with Gasteiger partial charge < -0.3 is 0 Å². The summed E-state index contributed by atoms with van der Waals surface area (Å²) in [6.07, 6.45) is 8.13. The van der Waals surface area contributed by atoms with Crippen molar-refractivity contribution in [1.82, 2.24) is 4.98 Å². The fourth-order valence-electron chi connectivity index (χ4n) is 4.26. The molecule has 0 radical (unpaired) electrons. The zero-order valence-electron chi connectivity index (χ0n) is 12.3. The molecule has 0 spiro atoms. The van der Waals surface area contributed by atoms with E-state index in [1.165, 1.54) is 11.6 Å². The second-order valence-electron chi connectivity index (χ2n) is 6.45. The average molecular weight is 292 g/mol. The highest BCUT2D eigenvalue weighted by Crippen LogP contribution is 2.48. The molecule has 4 rings (SSSR count). The zero-order valence-corrected chi connectivity index (χ0v) is 12.3. The van der Waals surface area contributed by atoms with Crippen molar-refractivity contribution < 1.29 is 4.39 Å². The van der Waals surface area contributed by atoms with Crippen LogP contribution < -0.4 is 0 Å². The van der Waals surface area contributed by atoms with Gasteiger partial charge in [0.05, 0.1) is 11.6 Å². The van der Waals surface area contributed by atoms with Crippen LogP contribution in [-0.2, 0) is 0 Å². The third kappa shape index (κ3) is 2.11. The summed E-state index contributed by atoms with van der Waals surface area (Å²) >= 11 is 0. The second-order valence-corrected chi connectivity index (χ2v) is 6.45. The number of allylic oxidation sites excluding steroid dienone is 2. The summed E-state index contributed by atoms with van der Waals surface area (Å²) in [5, 5.41) is 10.1. The van der Waals surface area contributed by atoms with Gasteiger partial charge in [0.1, 0.15) is 5.82 Å². The molecule has 2 aliphatic rings. The van der Waals surface area contributed by atoms with Gasteiger partial charge in [-0.15, -0.1) is 0 Å². The molecule has 2 aromatic rings. The van der Waals surface area contributed by atoms with Crippen molar-refractivity contribution in [2.24, 2.45) is 11.8 Å². The Morgan fingerprint density at radius 1 is 1.23 bits per heavy atom. The first kappa shape index (κ1) is 13.5. The van der Waals surface area contributed by atoms with Crippen LogP contribution in [0.1, 0.15) is 37.2 Å². The summed E-state index contributed by atoms with van der Waals surface area (Å²) in [5.41, 5.74) is 3.06. The Kier molecular flexibility index (Phi) is 3.18. The standard InChI is InChI=1S/C19H17FN2/c20-15-4-6-19-18(10-15)17(7-8-22-19)16-5-3-12-9-13(16)1-2-14(12)11-21/h2,4,6-8,10,12-13,16H,1,3,5,9H2. The summed E-state index contributed by atoms with van der Waals surface area (Å²) in [6, 6.07) is 9.25. The molecule has 0 amide bonds. The van der Waals surface area contributed by atoms with Crippen molar-refractivity contribution in [3.8, 4) is 6.07 Å². The van der Waals surface area contributed by atoms with Crippen LogP contribution in [0, 0.1) is 29.0 Å². The number of fused-ring (bicyclic) bond motifs is 3. The number of hydrogen-bond acceptors (Lipinski definition) is 2. The number of rotatable bonds is 1. The highest BCUT2D eigenvalue weighted by Gasteiger charge is 2.36. The van der Waals surface area contributed by atoms with E-state index in [9.17, 15) is 9.65 Å². The fraction of sp³-hybridized carbons (Fsp3) is 0.368. The van der Waals surface area contributed by atoms with Crippen molar-refractivity contribution in [2.75, 3.05) is 0 Å². The summed E-state index contributed by atoms with van der Waals surface area (Å²) < 4.78 is 13.7. The number of nitrogens with zero attached hydrogens (tertiary/aromatic N) is 2. The highest BCUT2D eigenvalue weighted by molar-refractivity contribution is 5.82. The van der Waals surface area contributed by atoms with Crippen molar-refractivity contribution in [2.45, 2.75) is 31.6 Å². The fourth-order valence-corrected chi connectivity index (χ4v) is 4.26. The molecule has 0 N–H and O–H groups in total. The van der Waals surface area contributed by atoms with E-state index in [1.807, 2.05) is 6.20 Å². The molecule has 2 bridgehead atoms. The van der Waals surface area contributed by atoms with Crippen LogP contribution in [0.2, 0.25) is 0 Å². The monoisotopic (exact) mass is 292 g/mol. The number of hydrogen-bond donors (Lipinski definition) is 0. The third-order valence-corrected chi connectivity index (χ3v) is 5.33. The maximum absolute atomic E-state index is 13.7. The predicted molar refractivity (Wildman–Crippen MR) is 83.6 cm³/mol. The lowest BCUT2D eigenvalue weighted by Crippen LogP contribution is -2.27. The Morgan fingerprint density at radius 2 is 2.14 bits per heavy atom. The van der Waals surface area contributed by atoms with Crippen LogP contribution in [0.15, 0.2) is 42.1 Å². The first-order chi connectivity index (χ1) is 10.8. The summed E-state index contributed by atoms with van der Waals surface area (Å²) in [5.74, 6) is 1.24. The minimum Gasteiger partial charge on any atom is -0.256 e. The van der Waals surface area contributed by atoms with Gasteiger partial charge in [-0.25, -0.2) is 4.39 Å². The number of pyridine rings is 1. The molecule has 0 saturated heterocycles. The van der Waals surface area contributed by atoms with Crippen molar-refractivity contribution in [3.05, 3.63) is 53.5 Å². The van der Waals surface area contributed by atoms with Gasteiger partial charge in [0, 0.05) is 17.2 Å². The lowest BCUT2D eigenvalue weighted by molar-refractivity contribution is 0.245. The quantitative estimate of drug-likeness (QED) is 0.762. The molecule has 3 heteroatoms. The van der Waals surface area contributed by atoms with Crippen LogP contribution in [0.5, 0.6) is 0 Å².